The molecular formula is C22H29N5O4S. The molecule has 1 fully saturated rings. The highest BCUT2D eigenvalue weighted by Crippen LogP contribution is 2.37. The maximum atomic E-state index is 12.7. The van der Waals surface area contributed by atoms with Gasteiger partial charge in [0.05, 0.1) is 5.92 Å². The molecule has 0 radical (unpaired) electrons. The Balaban J connectivity index is 1.27. The highest BCUT2D eigenvalue weighted by atomic mass is 32.2. The molecule has 0 bridgehead atoms. The monoisotopic (exact) mass is 459 g/mol. The molecule has 10 heteroatoms. The molecule has 172 valence electrons. The third kappa shape index (κ3) is 4.85. The van der Waals surface area contributed by atoms with Crippen LogP contribution in [0.5, 0.6) is 11.5 Å². The van der Waals surface area contributed by atoms with E-state index in [1.165, 1.54) is 0 Å². The fraction of sp³-hybridized carbons (Fsp3) is 0.545. The van der Waals surface area contributed by atoms with Crippen LogP contribution in [0, 0.1) is 11.8 Å². The quantitative estimate of drug-likeness (QED) is 0.454. The van der Waals surface area contributed by atoms with E-state index in [-0.39, 0.29) is 30.9 Å². The van der Waals surface area contributed by atoms with Crippen LogP contribution in [0.15, 0.2) is 23.4 Å². The van der Waals surface area contributed by atoms with Gasteiger partial charge in [-0.2, -0.15) is 0 Å². The first kappa shape index (κ1) is 22.4. The van der Waals surface area contributed by atoms with Crippen molar-refractivity contribution in [3.05, 3.63) is 24.0 Å². The van der Waals surface area contributed by atoms with Crippen LogP contribution in [0.25, 0.3) is 0 Å². The highest BCUT2D eigenvalue weighted by Gasteiger charge is 2.35. The summed E-state index contributed by atoms with van der Waals surface area (Å²) in [4.78, 5) is 26.8. The Kier molecular flexibility index (Phi) is 6.88. The molecule has 0 aliphatic carbocycles. The molecular weight excluding hydrogens is 430 g/mol. The number of nitrogens with one attached hydrogen (secondary N) is 1. The van der Waals surface area contributed by atoms with E-state index in [1.807, 2.05) is 12.3 Å². The predicted molar refractivity (Wildman–Crippen MR) is 121 cm³/mol. The molecule has 1 aromatic heterocycles. The number of aromatic nitrogens is 3. The van der Waals surface area contributed by atoms with Crippen LogP contribution < -0.4 is 19.7 Å². The molecule has 2 aliphatic rings. The molecule has 3 heterocycles. The van der Waals surface area contributed by atoms with Crippen LogP contribution >= 0.6 is 11.8 Å². The van der Waals surface area contributed by atoms with E-state index in [1.54, 1.807) is 28.8 Å². The molecule has 2 aliphatic heterocycles. The number of carbonyl (C=O) groups is 2. The van der Waals surface area contributed by atoms with Crippen LogP contribution in [-0.2, 0) is 22.6 Å². The summed E-state index contributed by atoms with van der Waals surface area (Å²) < 4.78 is 12.9. The van der Waals surface area contributed by atoms with E-state index in [0.29, 0.717) is 30.5 Å². The van der Waals surface area contributed by atoms with Gasteiger partial charge in [-0.1, -0.05) is 25.6 Å². The van der Waals surface area contributed by atoms with Crippen molar-refractivity contribution in [2.45, 2.75) is 44.8 Å². The van der Waals surface area contributed by atoms with Crippen molar-refractivity contribution < 1.29 is 19.1 Å². The lowest BCUT2D eigenvalue weighted by atomic mass is 10.1. The maximum Gasteiger partial charge on any atom is 0.231 e. The number of hydrogen-bond donors (Lipinski definition) is 1. The number of thioether (sulfide) groups is 1. The second-order valence-electron chi connectivity index (χ2n) is 8.44. The van der Waals surface area contributed by atoms with E-state index >= 15 is 0 Å². The Hall–Kier alpha value is -2.75. The summed E-state index contributed by atoms with van der Waals surface area (Å²) in [5.74, 6) is 2.23. The van der Waals surface area contributed by atoms with Gasteiger partial charge in [0.15, 0.2) is 16.7 Å². The van der Waals surface area contributed by atoms with Crippen LogP contribution in [0.1, 0.15) is 32.5 Å². The minimum Gasteiger partial charge on any atom is -0.454 e. The van der Waals surface area contributed by atoms with Gasteiger partial charge in [0.25, 0.3) is 0 Å². The number of anilines is 1. The third-order valence-electron chi connectivity index (χ3n) is 5.56. The number of fused-ring (bicyclic) bond motifs is 1. The Labute approximate surface area is 191 Å². The lowest BCUT2D eigenvalue weighted by Gasteiger charge is -2.17. The average molecular weight is 460 g/mol. The standard InChI is InChI=1S/C22H29N5O4S/c1-14(2)11-27-19(24-25-22(27)32-3)5-4-8-23-21(29)15-9-20(28)26(12-15)16-6-7-17-18(10-16)31-13-30-17/h6-7,10,14-15H,4-5,8-9,11-13H2,1-3H3,(H,23,29). The van der Waals surface area contributed by atoms with E-state index in [0.717, 1.165) is 36.1 Å². The molecule has 2 aromatic rings. The van der Waals surface area contributed by atoms with E-state index < -0.39 is 0 Å². The molecule has 0 saturated carbocycles. The summed E-state index contributed by atoms with van der Waals surface area (Å²) >= 11 is 1.59. The van der Waals surface area contributed by atoms with Gasteiger partial charge in [0, 0.05) is 44.2 Å². The first-order valence-electron chi connectivity index (χ1n) is 10.9. The Morgan fingerprint density at radius 1 is 1.28 bits per heavy atom. The van der Waals surface area contributed by atoms with Crippen molar-refractivity contribution in [2.75, 3.05) is 31.0 Å². The van der Waals surface area contributed by atoms with Gasteiger partial charge in [0.2, 0.25) is 18.6 Å². The SMILES string of the molecule is CSc1nnc(CCCNC(=O)C2CC(=O)N(c3ccc4c(c3)OCO4)C2)n1CC(C)C. The van der Waals surface area contributed by atoms with Crippen LogP contribution in [0.4, 0.5) is 5.69 Å². The summed E-state index contributed by atoms with van der Waals surface area (Å²) in [6, 6.07) is 5.40. The highest BCUT2D eigenvalue weighted by molar-refractivity contribution is 7.98. The third-order valence-corrected chi connectivity index (χ3v) is 6.23. The molecule has 1 N–H and O–H groups in total. The fourth-order valence-electron chi connectivity index (χ4n) is 3.99. The zero-order valence-corrected chi connectivity index (χ0v) is 19.5. The Bertz CT molecular complexity index is 993. The normalized spacial score (nSPS) is 17.4. The van der Waals surface area contributed by atoms with Gasteiger partial charge in [0.1, 0.15) is 5.82 Å². The van der Waals surface area contributed by atoms with Gasteiger partial charge < -0.3 is 24.3 Å². The maximum absolute atomic E-state index is 12.7. The molecule has 32 heavy (non-hydrogen) atoms. The molecule has 2 amide bonds. The second kappa shape index (κ2) is 9.81. The fourth-order valence-corrected chi connectivity index (χ4v) is 4.51. The molecule has 1 unspecified atom stereocenters. The number of benzene rings is 1. The number of aryl methyl sites for hydroxylation is 1. The largest absolute Gasteiger partial charge is 0.454 e. The summed E-state index contributed by atoms with van der Waals surface area (Å²) in [6.45, 7) is 6.31. The lowest BCUT2D eigenvalue weighted by molar-refractivity contribution is -0.126. The van der Waals surface area contributed by atoms with E-state index in [4.69, 9.17) is 9.47 Å². The summed E-state index contributed by atoms with van der Waals surface area (Å²) in [6.07, 6.45) is 3.72. The van der Waals surface area contributed by atoms with Crippen molar-refractivity contribution in [3.8, 4) is 11.5 Å². The van der Waals surface area contributed by atoms with Crippen LogP contribution in [0.3, 0.4) is 0 Å². The van der Waals surface area contributed by atoms with Crippen LogP contribution in [-0.4, -0.2) is 52.7 Å². The van der Waals surface area contributed by atoms with E-state index in [2.05, 4.69) is 33.9 Å². The lowest BCUT2D eigenvalue weighted by Crippen LogP contribution is -2.33. The van der Waals surface area contributed by atoms with Gasteiger partial charge in [-0.05, 0) is 30.7 Å². The Morgan fingerprint density at radius 3 is 2.88 bits per heavy atom. The van der Waals surface area contributed by atoms with E-state index in [9.17, 15) is 9.59 Å². The summed E-state index contributed by atoms with van der Waals surface area (Å²) in [5, 5.41) is 12.5. The molecule has 1 aromatic carbocycles. The first-order valence-corrected chi connectivity index (χ1v) is 12.1. The summed E-state index contributed by atoms with van der Waals surface area (Å²) in [7, 11) is 0. The first-order chi connectivity index (χ1) is 15.5. The number of amides is 2. The summed E-state index contributed by atoms with van der Waals surface area (Å²) in [5.41, 5.74) is 0.726. The molecule has 9 nitrogen and oxygen atoms in total. The second-order valence-corrected chi connectivity index (χ2v) is 9.22. The molecule has 4 rings (SSSR count). The van der Waals surface area contributed by atoms with Gasteiger partial charge in [-0.15, -0.1) is 10.2 Å². The number of hydrogen-bond acceptors (Lipinski definition) is 7. The zero-order chi connectivity index (χ0) is 22.7. The Morgan fingerprint density at radius 2 is 2.09 bits per heavy atom. The minimum atomic E-state index is -0.361. The molecule has 1 saturated heterocycles. The molecule has 0 spiro atoms. The predicted octanol–water partition coefficient (Wildman–Crippen LogP) is 2.49. The number of ether oxygens (including phenoxy) is 2. The van der Waals surface area contributed by atoms with Crippen molar-refractivity contribution in [1.82, 2.24) is 20.1 Å². The van der Waals surface area contributed by atoms with Crippen molar-refractivity contribution in [1.29, 1.82) is 0 Å². The van der Waals surface area contributed by atoms with Gasteiger partial charge in [-0.25, -0.2) is 0 Å². The molecule has 1 atom stereocenters. The topological polar surface area (TPSA) is 98.6 Å². The van der Waals surface area contributed by atoms with Gasteiger partial charge >= 0.3 is 0 Å². The number of nitrogens with zero attached hydrogens (tertiary/aromatic N) is 4. The van der Waals surface area contributed by atoms with Crippen molar-refractivity contribution >= 4 is 29.3 Å². The number of rotatable bonds is 9. The van der Waals surface area contributed by atoms with Crippen molar-refractivity contribution in [3.63, 3.8) is 0 Å². The van der Waals surface area contributed by atoms with Gasteiger partial charge in [-0.3, -0.25) is 9.59 Å². The van der Waals surface area contributed by atoms with Crippen LogP contribution in [0.2, 0.25) is 0 Å². The zero-order valence-electron chi connectivity index (χ0n) is 18.7. The smallest absolute Gasteiger partial charge is 0.231 e. The average Bonchev–Trinajstić information content (AvgIpc) is 3.48. The number of carbonyl (C=O) groups excluding carboxylic acids is 2. The minimum absolute atomic E-state index is 0.0598. The van der Waals surface area contributed by atoms with Crippen molar-refractivity contribution in [2.24, 2.45) is 11.8 Å².